The van der Waals surface area contributed by atoms with Crippen LogP contribution >= 0.6 is 15.9 Å². The fourth-order valence-corrected chi connectivity index (χ4v) is 2.13. The molecule has 0 atom stereocenters. The molecular weight excluding hydrogens is 266 g/mol. The molecule has 0 fully saturated rings. The van der Waals surface area contributed by atoms with E-state index in [9.17, 15) is 0 Å². The average molecular weight is 280 g/mol. The van der Waals surface area contributed by atoms with Crippen LogP contribution in [0.5, 0.6) is 0 Å². The third kappa shape index (κ3) is 2.44. The number of aromatic nitrogens is 2. The maximum atomic E-state index is 5.78. The Balaban J connectivity index is 2.20. The van der Waals surface area contributed by atoms with Crippen LogP contribution in [0.3, 0.4) is 0 Å². The first kappa shape index (κ1) is 11.2. The molecule has 2 rings (SSSR count). The lowest BCUT2D eigenvalue weighted by atomic mass is 10.1. The largest absolute Gasteiger partial charge is 0.369 e. The zero-order chi connectivity index (χ0) is 11.5. The number of rotatable bonds is 3. The van der Waals surface area contributed by atoms with Crippen molar-refractivity contribution >= 4 is 21.9 Å². The molecular formula is C12H14BrN3. The van der Waals surface area contributed by atoms with E-state index in [1.807, 2.05) is 22.9 Å². The number of imidazole rings is 1. The highest BCUT2D eigenvalue weighted by molar-refractivity contribution is 9.10. The molecule has 0 saturated carbocycles. The van der Waals surface area contributed by atoms with Crippen molar-refractivity contribution in [1.29, 1.82) is 0 Å². The van der Waals surface area contributed by atoms with Gasteiger partial charge < -0.3 is 10.3 Å². The van der Waals surface area contributed by atoms with Crippen molar-refractivity contribution in [3.8, 4) is 0 Å². The van der Waals surface area contributed by atoms with Gasteiger partial charge in [-0.15, -0.1) is 0 Å². The Bertz CT molecular complexity index is 491. The van der Waals surface area contributed by atoms with Crippen molar-refractivity contribution in [1.82, 2.24) is 9.55 Å². The predicted molar refractivity (Wildman–Crippen MR) is 69.3 cm³/mol. The van der Waals surface area contributed by atoms with Crippen molar-refractivity contribution in [2.24, 2.45) is 0 Å². The standard InChI is InChI=1S/C12H14BrN3/c1-2-16-8-11(15-12(16)14)7-9-4-3-5-10(13)6-9/h3-6,8H,2,7H2,1H3,(H2,14,15). The normalized spacial score (nSPS) is 10.6. The second kappa shape index (κ2) is 4.70. The van der Waals surface area contributed by atoms with E-state index in [4.69, 9.17) is 5.73 Å². The minimum atomic E-state index is 0.590. The fourth-order valence-electron chi connectivity index (χ4n) is 1.68. The molecule has 2 N–H and O–H groups in total. The molecule has 1 aromatic carbocycles. The molecule has 1 aromatic heterocycles. The highest BCUT2D eigenvalue weighted by atomic mass is 79.9. The Morgan fingerprint density at radius 1 is 1.44 bits per heavy atom. The van der Waals surface area contributed by atoms with E-state index in [2.05, 4.69) is 40.0 Å². The van der Waals surface area contributed by atoms with Gasteiger partial charge in [-0.2, -0.15) is 0 Å². The molecule has 2 aromatic rings. The molecule has 0 spiro atoms. The van der Waals surface area contributed by atoms with Crippen LogP contribution < -0.4 is 5.73 Å². The van der Waals surface area contributed by atoms with Crippen molar-refractivity contribution in [2.75, 3.05) is 5.73 Å². The summed E-state index contributed by atoms with van der Waals surface area (Å²) in [5.41, 5.74) is 8.02. The van der Waals surface area contributed by atoms with Crippen LogP contribution in [0.4, 0.5) is 5.95 Å². The summed E-state index contributed by atoms with van der Waals surface area (Å²) in [4.78, 5) is 4.33. The van der Waals surface area contributed by atoms with Crippen molar-refractivity contribution < 1.29 is 0 Å². The lowest BCUT2D eigenvalue weighted by Crippen LogP contribution is -1.98. The summed E-state index contributed by atoms with van der Waals surface area (Å²) in [5, 5.41) is 0. The number of nitrogen functional groups attached to an aromatic ring is 1. The van der Waals surface area contributed by atoms with Gasteiger partial charge in [0.25, 0.3) is 0 Å². The third-order valence-corrected chi connectivity index (χ3v) is 2.97. The molecule has 0 saturated heterocycles. The summed E-state index contributed by atoms with van der Waals surface area (Å²) in [6.07, 6.45) is 2.83. The third-order valence-electron chi connectivity index (χ3n) is 2.47. The van der Waals surface area contributed by atoms with Gasteiger partial charge in [-0.05, 0) is 24.6 Å². The predicted octanol–water partition coefficient (Wildman–Crippen LogP) is 2.84. The van der Waals surface area contributed by atoms with Crippen LogP contribution in [0.15, 0.2) is 34.9 Å². The van der Waals surface area contributed by atoms with Gasteiger partial charge in [-0.25, -0.2) is 4.98 Å². The smallest absolute Gasteiger partial charge is 0.200 e. The van der Waals surface area contributed by atoms with E-state index in [0.29, 0.717) is 5.95 Å². The molecule has 0 radical (unpaired) electrons. The molecule has 0 amide bonds. The first-order valence-corrected chi connectivity index (χ1v) is 6.04. The van der Waals surface area contributed by atoms with Gasteiger partial charge in [-0.1, -0.05) is 28.1 Å². The Kier molecular flexibility index (Phi) is 3.29. The number of benzene rings is 1. The maximum Gasteiger partial charge on any atom is 0.200 e. The van der Waals surface area contributed by atoms with Crippen LogP contribution in [-0.4, -0.2) is 9.55 Å². The first-order valence-electron chi connectivity index (χ1n) is 5.25. The molecule has 4 heteroatoms. The van der Waals surface area contributed by atoms with Gasteiger partial charge >= 0.3 is 0 Å². The van der Waals surface area contributed by atoms with E-state index in [0.717, 1.165) is 23.1 Å². The van der Waals surface area contributed by atoms with E-state index in [1.54, 1.807) is 0 Å². The number of hydrogen-bond acceptors (Lipinski definition) is 2. The zero-order valence-electron chi connectivity index (χ0n) is 9.15. The van der Waals surface area contributed by atoms with Crippen LogP contribution in [-0.2, 0) is 13.0 Å². The number of nitrogens with zero attached hydrogens (tertiary/aromatic N) is 2. The van der Waals surface area contributed by atoms with Gasteiger partial charge in [0.15, 0.2) is 5.95 Å². The van der Waals surface area contributed by atoms with Crippen LogP contribution in [0.1, 0.15) is 18.2 Å². The van der Waals surface area contributed by atoms with Gasteiger partial charge in [0.05, 0.1) is 5.69 Å². The van der Waals surface area contributed by atoms with E-state index < -0.39 is 0 Å². The molecule has 3 nitrogen and oxygen atoms in total. The zero-order valence-corrected chi connectivity index (χ0v) is 10.7. The van der Waals surface area contributed by atoms with Crippen molar-refractivity contribution in [3.63, 3.8) is 0 Å². The number of nitrogens with two attached hydrogens (primary N) is 1. The summed E-state index contributed by atoms with van der Waals surface area (Å²) in [6.45, 7) is 2.91. The van der Waals surface area contributed by atoms with Gasteiger partial charge in [0.2, 0.25) is 0 Å². The molecule has 1 heterocycles. The number of halogens is 1. The van der Waals surface area contributed by atoms with Gasteiger partial charge in [0.1, 0.15) is 0 Å². The topological polar surface area (TPSA) is 43.8 Å². The van der Waals surface area contributed by atoms with Gasteiger partial charge in [-0.3, -0.25) is 0 Å². The van der Waals surface area contributed by atoms with Crippen LogP contribution in [0.25, 0.3) is 0 Å². The Labute approximate surface area is 103 Å². The molecule has 0 aliphatic carbocycles. The second-order valence-electron chi connectivity index (χ2n) is 3.68. The van der Waals surface area contributed by atoms with E-state index >= 15 is 0 Å². The summed E-state index contributed by atoms with van der Waals surface area (Å²) in [5.74, 6) is 0.590. The maximum absolute atomic E-state index is 5.78. The quantitative estimate of drug-likeness (QED) is 0.939. The van der Waals surface area contributed by atoms with Crippen LogP contribution in [0, 0.1) is 0 Å². The molecule has 84 valence electrons. The monoisotopic (exact) mass is 279 g/mol. The molecule has 0 aliphatic rings. The molecule has 0 aliphatic heterocycles. The number of aryl methyl sites for hydroxylation is 1. The molecule has 0 bridgehead atoms. The number of anilines is 1. The Hall–Kier alpha value is -1.29. The summed E-state index contributed by atoms with van der Waals surface area (Å²) < 4.78 is 3.04. The highest BCUT2D eigenvalue weighted by Gasteiger charge is 2.04. The lowest BCUT2D eigenvalue weighted by molar-refractivity contribution is 0.773. The van der Waals surface area contributed by atoms with Crippen molar-refractivity contribution in [2.45, 2.75) is 19.9 Å². The minimum absolute atomic E-state index is 0.590. The van der Waals surface area contributed by atoms with E-state index in [1.165, 1.54) is 5.56 Å². The van der Waals surface area contributed by atoms with Crippen molar-refractivity contribution in [3.05, 3.63) is 46.2 Å². The highest BCUT2D eigenvalue weighted by Crippen LogP contribution is 2.15. The summed E-state index contributed by atoms with van der Waals surface area (Å²) in [7, 11) is 0. The Morgan fingerprint density at radius 3 is 2.88 bits per heavy atom. The van der Waals surface area contributed by atoms with Gasteiger partial charge in [0, 0.05) is 23.6 Å². The lowest BCUT2D eigenvalue weighted by Gasteiger charge is -1.98. The fraction of sp³-hybridized carbons (Fsp3) is 0.250. The average Bonchev–Trinajstić information content (AvgIpc) is 2.58. The second-order valence-corrected chi connectivity index (χ2v) is 4.60. The molecule has 0 unspecified atom stereocenters. The van der Waals surface area contributed by atoms with Crippen LogP contribution in [0.2, 0.25) is 0 Å². The summed E-state index contributed by atoms with van der Waals surface area (Å²) >= 11 is 3.46. The number of hydrogen-bond donors (Lipinski definition) is 1. The summed E-state index contributed by atoms with van der Waals surface area (Å²) in [6, 6.07) is 8.23. The Morgan fingerprint density at radius 2 is 2.25 bits per heavy atom. The van der Waals surface area contributed by atoms with E-state index in [-0.39, 0.29) is 0 Å². The SMILES string of the molecule is CCn1cc(Cc2cccc(Br)c2)nc1N. The minimum Gasteiger partial charge on any atom is -0.369 e. The molecule has 16 heavy (non-hydrogen) atoms. The first-order chi connectivity index (χ1) is 7.69.